The smallest absolute Gasteiger partial charge is 0.259 e. The van der Waals surface area contributed by atoms with Gasteiger partial charge in [0.05, 0.1) is 12.0 Å². The summed E-state index contributed by atoms with van der Waals surface area (Å²) in [6.07, 6.45) is 0.189. The third-order valence-electron chi connectivity index (χ3n) is 2.88. The molecule has 0 aliphatic carbocycles. The van der Waals surface area contributed by atoms with Gasteiger partial charge < -0.3 is 15.5 Å². The summed E-state index contributed by atoms with van der Waals surface area (Å²) in [5.41, 5.74) is 7.10. The SMILES string of the molecule is Cc1cc(C(=O)Nc2ccc(CC(N)=O)cc2)c(C)o1. The van der Waals surface area contributed by atoms with Crippen LogP contribution < -0.4 is 11.1 Å². The van der Waals surface area contributed by atoms with Crippen molar-refractivity contribution in [3.8, 4) is 0 Å². The molecule has 3 N–H and O–H groups in total. The monoisotopic (exact) mass is 272 g/mol. The molecule has 0 aliphatic heterocycles. The number of carbonyl (C=O) groups is 2. The molecule has 0 saturated carbocycles. The lowest BCUT2D eigenvalue weighted by Crippen LogP contribution is -2.14. The summed E-state index contributed by atoms with van der Waals surface area (Å²) in [6.45, 7) is 3.54. The highest BCUT2D eigenvalue weighted by molar-refractivity contribution is 6.05. The van der Waals surface area contributed by atoms with Crippen LogP contribution in [0.15, 0.2) is 34.7 Å². The van der Waals surface area contributed by atoms with Crippen molar-refractivity contribution in [1.82, 2.24) is 0 Å². The standard InChI is InChI=1S/C15H16N2O3/c1-9-7-13(10(2)20-9)15(19)17-12-5-3-11(4-6-12)8-14(16)18/h3-7H,8H2,1-2H3,(H2,16,18)(H,17,19). The Kier molecular flexibility index (Phi) is 3.89. The fraction of sp³-hybridized carbons (Fsp3) is 0.200. The lowest BCUT2D eigenvalue weighted by atomic mass is 10.1. The first-order valence-corrected chi connectivity index (χ1v) is 6.21. The summed E-state index contributed by atoms with van der Waals surface area (Å²) in [5.74, 6) is 0.683. The van der Waals surface area contributed by atoms with Gasteiger partial charge in [0.15, 0.2) is 0 Å². The van der Waals surface area contributed by atoms with Gasteiger partial charge in [0.1, 0.15) is 11.5 Å². The number of aryl methyl sites for hydroxylation is 2. The molecule has 5 nitrogen and oxygen atoms in total. The van der Waals surface area contributed by atoms with E-state index in [-0.39, 0.29) is 18.2 Å². The van der Waals surface area contributed by atoms with Gasteiger partial charge in [-0.05, 0) is 37.6 Å². The van der Waals surface area contributed by atoms with Gasteiger partial charge in [-0.3, -0.25) is 9.59 Å². The van der Waals surface area contributed by atoms with Gasteiger partial charge in [-0.1, -0.05) is 12.1 Å². The van der Waals surface area contributed by atoms with Crippen LogP contribution in [-0.2, 0) is 11.2 Å². The molecule has 0 radical (unpaired) electrons. The Hall–Kier alpha value is -2.56. The molecule has 2 rings (SSSR count). The maximum Gasteiger partial charge on any atom is 0.259 e. The Morgan fingerprint density at radius 1 is 1.20 bits per heavy atom. The molecule has 1 aromatic heterocycles. The van der Waals surface area contributed by atoms with Crippen LogP contribution in [0.1, 0.15) is 27.4 Å². The van der Waals surface area contributed by atoms with E-state index in [1.165, 1.54) is 0 Å². The van der Waals surface area contributed by atoms with E-state index in [4.69, 9.17) is 10.2 Å². The van der Waals surface area contributed by atoms with E-state index >= 15 is 0 Å². The fourth-order valence-corrected chi connectivity index (χ4v) is 1.96. The second-order valence-corrected chi connectivity index (χ2v) is 4.62. The molecular weight excluding hydrogens is 256 g/mol. The molecule has 1 aromatic carbocycles. The maximum atomic E-state index is 12.1. The average molecular weight is 272 g/mol. The van der Waals surface area contributed by atoms with Crippen LogP contribution in [-0.4, -0.2) is 11.8 Å². The highest BCUT2D eigenvalue weighted by atomic mass is 16.3. The molecule has 0 aliphatic rings. The predicted octanol–water partition coefficient (Wildman–Crippen LogP) is 2.18. The first-order chi connectivity index (χ1) is 9.45. The molecule has 5 heteroatoms. The van der Waals surface area contributed by atoms with Crippen LogP contribution in [0, 0.1) is 13.8 Å². The topological polar surface area (TPSA) is 85.3 Å². The van der Waals surface area contributed by atoms with Crippen molar-refractivity contribution in [3.05, 3.63) is 53.0 Å². The van der Waals surface area contributed by atoms with Gasteiger partial charge in [0.25, 0.3) is 5.91 Å². The van der Waals surface area contributed by atoms with Crippen LogP contribution in [0.3, 0.4) is 0 Å². The molecule has 0 atom stereocenters. The molecule has 2 amide bonds. The third-order valence-corrected chi connectivity index (χ3v) is 2.88. The number of benzene rings is 1. The zero-order chi connectivity index (χ0) is 14.7. The fourth-order valence-electron chi connectivity index (χ4n) is 1.96. The molecule has 0 fully saturated rings. The number of amides is 2. The molecule has 104 valence electrons. The summed E-state index contributed by atoms with van der Waals surface area (Å²) in [6, 6.07) is 8.69. The van der Waals surface area contributed by atoms with Crippen molar-refractivity contribution in [2.24, 2.45) is 5.73 Å². The number of furan rings is 1. The molecule has 0 spiro atoms. The Morgan fingerprint density at radius 3 is 2.35 bits per heavy atom. The Bertz CT molecular complexity index is 642. The van der Waals surface area contributed by atoms with Crippen molar-refractivity contribution in [1.29, 1.82) is 0 Å². The predicted molar refractivity (Wildman–Crippen MR) is 75.5 cm³/mol. The van der Waals surface area contributed by atoms with Crippen molar-refractivity contribution in [3.63, 3.8) is 0 Å². The van der Waals surface area contributed by atoms with Gasteiger partial charge in [-0.2, -0.15) is 0 Å². The van der Waals surface area contributed by atoms with E-state index in [9.17, 15) is 9.59 Å². The molecule has 0 bridgehead atoms. The number of hydrogen-bond donors (Lipinski definition) is 2. The summed E-state index contributed by atoms with van der Waals surface area (Å²) in [7, 11) is 0. The lowest BCUT2D eigenvalue weighted by Gasteiger charge is -2.05. The minimum Gasteiger partial charge on any atom is -0.466 e. The summed E-state index contributed by atoms with van der Waals surface area (Å²) in [4.78, 5) is 22.9. The highest BCUT2D eigenvalue weighted by Gasteiger charge is 2.13. The van der Waals surface area contributed by atoms with Gasteiger partial charge in [-0.25, -0.2) is 0 Å². The van der Waals surface area contributed by atoms with Crippen molar-refractivity contribution >= 4 is 17.5 Å². The molecule has 0 saturated heterocycles. The van der Waals surface area contributed by atoms with Crippen LogP contribution in [0.2, 0.25) is 0 Å². The molecule has 20 heavy (non-hydrogen) atoms. The van der Waals surface area contributed by atoms with E-state index in [2.05, 4.69) is 5.32 Å². The first kappa shape index (κ1) is 13.9. The zero-order valence-electron chi connectivity index (χ0n) is 11.4. The number of hydrogen-bond acceptors (Lipinski definition) is 3. The second-order valence-electron chi connectivity index (χ2n) is 4.62. The minimum absolute atomic E-state index is 0.189. The minimum atomic E-state index is -0.383. The summed E-state index contributed by atoms with van der Waals surface area (Å²) < 4.78 is 5.32. The van der Waals surface area contributed by atoms with E-state index in [1.807, 2.05) is 0 Å². The van der Waals surface area contributed by atoms with Crippen LogP contribution >= 0.6 is 0 Å². The summed E-state index contributed by atoms with van der Waals surface area (Å²) >= 11 is 0. The van der Waals surface area contributed by atoms with Crippen LogP contribution in [0.4, 0.5) is 5.69 Å². The number of carbonyl (C=O) groups excluding carboxylic acids is 2. The van der Waals surface area contributed by atoms with Gasteiger partial charge in [0, 0.05) is 5.69 Å². The Balaban J connectivity index is 2.08. The second kappa shape index (κ2) is 5.61. The average Bonchev–Trinajstić information content (AvgIpc) is 2.70. The molecular formula is C15H16N2O3. The maximum absolute atomic E-state index is 12.1. The third kappa shape index (κ3) is 3.26. The van der Waals surface area contributed by atoms with Crippen LogP contribution in [0.25, 0.3) is 0 Å². The van der Waals surface area contributed by atoms with Crippen molar-refractivity contribution in [2.75, 3.05) is 5.32 Å². The number of nitrogens with two attached hydrogens (primary N) is 1. The van der Waals surface area contributed by atoms with E-state index in [0.29, 0.717) is 22.8 Å². The number of primary amides is 1. The van der Waals surface area contributed by atoms with E-state index in [0.717, 1.165) is 5.56 Å². The van der Waals surface area contributed by atoms with E-state index in [1.54, 1.807) is 44.2 Å². The van der Waals surface area contributed by atoms with Gasteiger partial charge in [-0.15, -0.1) is 0 Å². The highest BCUT2D eigenvalue weighted by Crippen LogP contribution is 2.16. The summed E-state index contributed by atoms with van der Waals surface area (Å²) in [5, 5.41) is 2.78. The molecule has 1 heterocycles. The molecule has 0 unspecified atom stereocenters. The quantitative estimate of drug-likeness (QED) is 0.894. The van der Waals surface area contributed by atoms with Crippen molar-refractivity contribution in [2.45, 2.75) is 20.3 Å². The molecule has 2 aromatic rings. The zero-order valence-corrected chi connectivity index (χ0v) is 11.4. The van der Waals surface area contributed by atoms with Gasteiger partial charge in [0.2, 0.25) is 5.91 Å². The number of anilines is 1. The normalized spacial score (nSPS) is 10.3. The van der Waals surface area contributed by atoms with Gasteiger partial charge >= 0.3 is 0 Å². The van der Waals surface area contributed by atoms with E-state index < -0.39 is 0 Å². The van der Waals surface area contributed by atoms with Crippen molar-refractivity contribution < 1.29 is 14.0 Å². The van der Waals surface area contributed by atoms with Crippen LogP contribution in [0.5, 0.6) is 0 Å². The largest absolute Gasteiger partial charge is 0.466 e. The Morgan fingerprint density at radius 2 is 1.85 bits per heavy atom. The first-order valence-electron chi connectivity index (χ1n) is 6.21. The Labute approximate surface area is 116 Å². The number of nitrogens with one attached hydrogen (secondary N) is 1. The number of rotatable bonds is 4. The lowest BCUT2D eigenvalue weighted by molar-refractivity contribution is -0.117.